The second-order valence-corrected chi connectivity index (χ2v) is 5.02. The third-order valence-electron chi connectivity index (χ3n) is 2.75. The lowest BCUT2D eigenvalue weighted by Gasteiger charge is -2.02. The highest BCUT2D eigenvalue weighted by molar-refractivity contribution is 9.10. The molecule has 1 aromatic carbocycles. The van der Waals surface area contributed by atoms with E-state index in [1.54, 1.807) is 10.7 Å². The summed E-state index contributed by atoms with van der Waals surface area (Å²) in [6.45, 7) is 0.311. The van der Waals surface area contributed by atoms with E-state index in [-0.39, 0.29) is 0 Å². The molecule has 3 aromatic rings. The lowest BCUT2D eigenvalue weighted by molar-refractivity contribution is 0.507. The van der Waals surface area contributed by atoms with Crippen molar-refractivity contribution >= 4 is 27.5 Å². The second kappa shape index (κ2) is 5.16. The number of benzene rings is 1. The molecule has 0 aliphatic heterocycles. The second-order valence-electron chi connectivity index (χ2n) is 4.16. The van der Waals surface area contributed by atoms with Crippen molar-refractivity contribution in [3.63, 3.8) is 0 Å². The molecule has 102 valence electrons. The van der Waals surface area contributed by atoms with Crippen LogP contribution in [0.2, 0.25) is 0 Å². The van der Waals surface area contributed by atoms with Gasteiger partial charge in [-0.15, -0.1) is 5.10 Å². The van der Waals surface area contributed by atoms with Crippen LogP contribution in [0, 0.1) is 11.6 Å². The molecule has 7 heteroatoms. The van der Waals surface area contributed by atoms with Gasteiger partial charge in [0.1, 0.15) is 0 Å². The van der Waals surface area contributed by atoms with Crippen LogP contribution in [0.3, 0.4) is 0 Å². The Hall–Kier alpha value is -2.02. The quantitative estimate of drug-likeness (QED) is 0.796. The van der Waals surface area contributed by atoms with Crippen molar-refractivity contribution in [1.82, 2.24) is 14.6 Å². The highest BCUT2D eigenvalue weighted by atomic mass is 79.9. The van der Waals surface area contributed by atoms with Crippen molar-refractivity contribution in [2.24, 2.45) is 0 Å². The summed E-state index contributed by atoms with van der Waals surface area (Å²) >= 11 is 3.38. The lowest BCUT2D eigenvalue weighted by atomic mass is 10.2. The van der Waals surface area contributed by atoms with Crippen molar-refractivity contribution < 1.29 is 8.78 Å². The van der Waals surface area contributed by atoms with Crippen molar-refractivity contribution in [2.45, 2.75) is 6.54 Å². The first-order valence-electron chi connectivity index (χ1n) is 5.82. The number of hydrogen-bond acceptors (Lipinski definition) is 3. The maximum absolute atomic E-state index is 13.1. The number of halogens is 3. The Bertz CT molecular complexity index is 772. The van der Waals surface area contributed by atoms with Gasteiger partial charge in [0.25, 0.3) is 0 Å². The molecule has 2 aromatic heterocycles. The third-order valence-corrected chi connectivity index (χ3v) is 3.37. The van der Waals surface area contributed by atoms with E-state index in [0.717, 1.165) is 16.6 Å². The Kier molecular flexibility index (Phi) is 3.35. The van der Waals surface area contributed by atoms with Crippen molar-refractivity contribution in [3.8, 4) is 0 Å². The van der Waals surface area contributed by atoms with E-state index in [1.807, 2.05) is 12.1 Å². The first-order valence-corrected chi connectivity index (χ1v) is 6.61. The summed E-state index contributed by atoms with van der Waals surface area (Å²) in [7, 11) is 0. The maximum atomic E-state index is 13.1. The summed E-state index contributed by atoms with van der Waals surface area (Å²) in [5.41, 5.74) is 1.29. The smallest absolute Gasteiger partial charge is 0.243 e. The minimum Gasteiger partial charge on any atom is -0.349 e. The van der Waals surface area contributed by atoms with E-state index in [2.05, 4.69) is 31.3 Å². The zero-order valence-corrected chi connectivity index (χ0v) is 11.7. The number of nitrogens with one attached hydrogen (secondary N) is 1. The standard InChI is InChI=1S/C13H9BrF2N4/c14-9-2-1-5-20-12(9)18-13(19-20)17-7-8-3-4-10(15)11(16)6-8/h1-6H,7H2,(H,17,19). The monoisotopic (exact) mass is 338 g/mol. The van der Waals surface area contributed by atoms with Crippen LogP contribution in [0.4, 0.5) is 14.7 Å². The van der Waals surface area contributed by atoms with Crippen LogP contribution in [0.25, 0.3) is 5.65 Å². The third kappa shape index (κ3) is 2.49. The Balaban J connectivity index is 1.79. The molecule has 0 aliphatic carbocycles. The SMILES string of the molecule is Fc1ccc(CNc2nc3c(Br)cccn3n2)cc1F. The Morgan fingerprint density at radius 3 is 2.80 bits per heavy atom. The summed E-state index contributed by atoms with van der Waals surface area (Å²) in [6.07, 6.45) is 1.77. The molecule has 4 nitrogen and oxygen atoms in total. The maximum Gasteiger partial charge on any atom is 0.243 e. The summed E-state index contributed by atoms with van der Waals surface area (Å²) < 4.78 is 28.3. The molecule has 0 atom stereocenters. The van der Waals surface area contributed by atoms with Crippen LogP contribution < -0.4 is 5.32 Å². The van der Waals surface area contributed by atoms with Crippen LogP contribution in [0.5, 0.6) is 0 Å². The van der Waals surface area contributed by atoms with Gasteiger partial charge in [0.05, 0.1) is 4.47 Å². The summed E-state index contributed by atoms with van der Waals surface area (Å²) in [5, 5.41) is 7.20. The van der Waals surface area contributed by atoms with Gasteiger partial charge in [-0.05, 0) is 45.8 Å². The first-order chi connectivity index (χ1) is 9.63. The fraction of sp³-hybridized carbons (Fsp3) is 0.0769. The van der Waals surface area contributed by atoms with E-state index >= 15 is 0 Å². The number of rotatable bonds is 3. The van der Waals surface area contributed by atoms with Crippen molar-refractivity contribution in [1.29, 1.82) is 0 Å². The first kappa shape index (κ1) is 13.0. The molecule has 2 heterocycles. The molecular formula is C13H9BrF2N4. The molecule has 0 saturated heterocycles. The van der Waals surface area contributed by atoms with E-state index in [0.29, 0.717) is 23.7 Å². The molecule has 20 heavy (non-hydrogen) atoms. The molecule has 0 spiro atoms. The predicted molar refractivity (Wildman–Crippen MR) is 74.4 cm³/mol. The Morgan fingerprint density at radius 2 is 2.05 bits per heavy atom. The predicted octanol–water partition coefficient (Wildman–Crippen LogP) is 3.38. The van der Waals surface area contributed by atoms with Gasteiger partial charge in [-0.1, -0.05) is 6.07 Å². The molecule has 3 rings (SSSR count). The van der Waals surface area contributed by atoms with Gasteiger partial charge in [0.15, 0.2) is 17.3 Å². The van der Waals surface area contributed by atoms with E-state index in [4.69, 9.17) is 0 Å². The number of aromatic nitrogens is 3. The number of hydrogen-bond donors (Lipinski definition) is 1. The Labute approximate surface area is 121 Å². The van der Waals surface area contributed by atoms with Crippen molar-refractivity contribution in [2.75, 3.05) is 5.32 Å². The Morgan fingerprint density at radius 1 is 1.20 bits per heavy atom. The van der Waals surface area contributed by atoms with E-state index < -0.39 is 11.6 Å². The molecule has 0 unspecified atom stereocenters. The van der Waals surface area contributed by atoms with Crippen LogP contribution in [0.15, 0.2) is 41.0 Å². The fourth-order valence-corrected chi connectivity index (χ4v) is 2.20. The molecule has 0 fully saturated rings. The van der Waals surface area contributed by atoms with Crippen LogP contribution >= 0.6 is 15.9 Å². The average Bonchev–Trinajstić information content (AvgIpc) is 2.85. The van der Waals surface area contributed by atoms with Gasteiger partial charge in [0.2, 0.25) is 5.95 Å². The molecule has 0 amide bonds. The van der Waals surface area contributed by atoms with Gasteiger partial charge >= 0.3 is 0 Å². The zero-order chi connectivity index (χ0) is 14.1. The highest BCUT2D eigenvalue weighted by Crippen LogP contribution is 2.17. The van der Waals surface area contributed by atoms with Gasteiger partial charge in [-0.2, -0.15) is 4.98 Å². The number of anilines is 1. The molecule has 0 bridgehead atoms. The van der Waals surface area contributed by atoms with E-state index in [9.17, 15) is 8.78 Å². The summed E-state index contributed by atoms with van der Waals surface area (Å²) in [5.74, 6) is -1.31. The number of fused-ring (bicyclic) bond motifs is 1. The largest absolute Gasteiger partial charge is 0.349 e. The van der Waals surface area contributed by atoms with Gasteiger partial charge in [0, 0.05) is 12.7 Å². The molecular weight excluding hydrogens is 330 g/mol. The number of nitrogens with zero attached hydrogens (tertiary/aromatic N) is 3. The molecule has 0 radical (unpaired) electrons. The van der Waals surface area contributed by atoms with Gasteiger partial charge in [-0.3, -0.25) is 0 Å². The minimum absolute atomic E-state index is 0.311. The average molecular weight is 339 g/mol. The van der Waals surface area contributed by atoms with Crippen molar-refractivity contribution in [3.05, 3.63) is 58.2 Å². The van der Waals surface area contributed by atoms with Crippen LogP contribution in [-0.2, 0) is 6.54 Å². The van der Waals surface area contributed by atoms with Crippen LogP contribution in [0.1, 0.15) is 5.56 Å². The van der Waals surface area contributed by atoms with E-state index in [1.165, 1.54) is 6.07 Å². The van der Waals surface area contributed by atoms with Gasteiger partial charge < -0.3 is 5.32 Å². The summed E-state index contributed by atoms with van der Waals surface area (Å²) in [6, 6.07) is 7.46. The number of pyridine rings is 1. The zero-order valence-electron chi connectivity index (χ0n) is 10.1. The van der Waals surface area contributed by atoms with Gasteiger partial charge in [-0.25, -0.2) is 13.3 Å². The fourth-order valence-electron chi connectivity index (χ4n) is 1.78. The molecule has 1 N–H and O–H groups in total. The minimum atomic E-state index is -0.866. The molecule has 0 saturated carbocycles. The highest BCUT2D eigenvalue weighted by Gasteiger charge is 2.07. The van der Waals surface area contributed by atoms with Crippen LogP contribution in [-0.4, -0.2) is 14.6 Å². The lowest BCUT2D eigenvalue weighted by Crippen LogP contribution is -2.02. The summed E-state index contributed by atoms with van der Waals surface area (Å²) in [4.78, 5) is 4.29. The normalized spacial score (nSPS) is 10.9. The molecule has 0 aliphatic rings. The topological polar surface area (TPSA) is 42.2 Å².